The highest BCUT2D eigenvalue weighted by atomic mass is 19.4. The van der Waals surface area contributed by atoms with Crippen LogP contribution in [0.2, 0.25) is 0 Å². The van der Waals surface area contributed by atoms with Gasteiger partial charge in [-0.2, -0.15) is 13.2 Å². The van der Waals surface area contributed by atoms with Crippen molar-refractivity contribution in [2.24, 2.45) is 0 Å². The minimum absolute atomic E-state index is 0.0388. The van der Waals surface area contributed by atoms with Gasteiger partial charge in [0.15, 0.2) is 0 Å². The van der Waals surface area contributed by atoms with Gasteiger partial charge in [0.05, 0.1) is 13.2 Å². The molecule has 0 saturated heterocycles. The second kappa shape index (κ2) is 9.90. The van der Waals surface area contributed by atoms with E-state index >= 15 is 0 Å². The molecule has 1 rings (SSSR count). The van der Waals surface area contributed by atoms with Crippen LogP contribution in [0.15, 0.2) is 24.3 Å². The summed E-state index contributed by atoms with van der Waals surface area (Å²) in [7, 11) is 0. The number of halogens is 3. The maximum atomic E-state index is 12.6. The largest absolute Gasteiger partial charge is 0.493 e. The Morgan fingerprint density at radius 3 is 2.48 bits per heavy atom. The maximum absolute atomic E-state index is 12.6. The molecular weight excluding hydrogens is 339 g/mol. The standard InChI is InChI=1S/C17H22F3NO4/c1-3-24-16(23)11-21(12-17(18,19)20)15(22)9-6-10-25-14-8-5-4-7-13(14)2/h4-5,7-8H,3,6,9-12H2,1-2H3. The summed E-state index contributed by atoms with van der Waals surface area (Å²) in [6.45, 7) is 1.43. The first-order valence-corrected chi connectivity index (χ1v) is 7.91. The number of carbonyl (C=O) groups excluding carboxylic acids is 2. The molecule has 25 heavy (non-hydrogen) atoms. The van der Waals surface area contributed by atoms with Gasteiger partial charge in [-0.25, -0.2) is 0 Å². The Labute approximate surface area is 144 Å². The summed E-state index contributed by atoms with van der Waals surface area (Å²) in [5.74, 6) is -0.969. The fraction of sp³-hybridized carbons (Fsp3) is 0.529. The van der Waals surface area contributed by atoms with Gasteiger partial charge in [-0.3, -0.25) is 9.59 Å². The lowest BCUT2D eigenvalue weighted by atomic mass is 10.2. The van der Waals surface area contributed by atoms with E-state index in [0.717, 1.165) is 5.56 Å². The molecule has 5 nitrogen and oxygen atoms in total. The van der Waals surface area contributed by atoms with Gasteiger partial charge in [-0.05, 0) is 31.9 Å². The molecule has 1 amide bonds. The highest BCUT2D eigenvalue weighted by molar-refractivity contribution is 5.82. The Morgan fingerprint density at radius 1 is 1.20 bits per heavy atom. The number of hydrogen-bond donors (Lipinski definition) is 0. The Hall–Kier alpha value is -2.25. The van der Waals surface area contributed by atoms with Crippen LogP contribution in [-0.2, 0) is 14.3 Å². The highest BCUT2D eigenvalue weighted by Crippen LogP contribution is 2.18. The van der Waals surface area contributed by atoms with Crippen LogP contribution >= 0.6 is 0 Å². The van der Waals surface area contributed by atoms with Gasteiger partial charge in [0.25, 0.3) is 0 Å². The molecule has 1 aromatic carbocycles. The molecule has 0 aliphatic carbocycles. The van der Waals surface area contributed by atoms with Crippen molar-refractivity contribution in [1.82, 2.24) is 4.90 Å². The molecule has 0 heterocycles. The lowest BCUT2D eigenvalue weighted by Gasteiger charge is -2.23. The van der Waals surface area contributed by atoms with Crippen LogP contribution in [0.5, 0.6) is 5.75 Å². The normalized spacial score (nSPS) is 11.1. The van der Waals surface area contributed by atoms with Crippen LogP contribution in [0.25, 0.3) is 0 Å². The summed E-state index contributed by atoms with van der Waals surface area (Å²) in [5.41, 5.74) is 0.926. The van der Waals surface area contributed by atoms with Crippen LogP contribution in [0.4, 0.5) is 13.2 Å². The van der Waals surface area contributed by atoms with E-state index in [-0.39, 0.29) is 26.1 Å². The summed E-state index contributed by atoms with van der Waals surface area (Å²) in [5, 5.41) is 0. The lowest BCUT2D eigenvalue weighted by molar-refractivity contribution is -0.167. The van der Waals surface area contributed by atoms with E-state index in [2.05, 4.69) is 4.74 Å². The predicted octanol–water partition coefficient (Wildman–Crippen LogP) is 3.11. The van der Waals surface area contributed by atoms with Crippen LogP contribution in [0.3, 0.4) is 0 Å². The molecular formula is C17H22F3NO4. The average molecular weight is 361 g/mol. The van der Waals surface area contributed by atoms with Gasteiger partial charge >= 0.3 is 12.1 Å². The molecule has 0 spiro atoms. The number of alkyl halides is 3. The van der Waals surface area contributed by atoms with Crippen LogP contribution in [0, 0.1) is 6.92 Å². The van der Waals surface area contributed by atoms with E-state index in [4.69, 9.17) is 4.74 Å². The summed E-state index contributed by atoms with van der Waals surface area (Å²) < 4.78 is 47.9. The quantitative estimate of drug-likeness (QED) is 0.501. The van der Waals surface area contributed by atoms with E-state index in [1.807, 2.05) is 19.1 Å². The molecule has 1 aromatic rings. The molecule has 0 fully saturated rings. The minimum atomic E-state index is -4.58. The number of amides is 1. The molecule has 0 atom stereocenters. The number of carbonyl (C=O) groups is 2. The second-order valence-corrected chi connectivity index (χ2v) is 5.39. The summed E-state index contributed by atoms with van der Waals surface area (Å²) in [6.07, 6.45) is -4.49. The van der Waals surface area contributed by atoms with Gasteiger partial charge in [-0.15, -0.1) is 0 Å². The van der Waals surface area contributed by atoms with E-state index in [9.17, 15) is 22.8 Å². The lowest BCUT2D eigenvalue weighted by Crippen LogP contribution is -2.42. The van der Waals surface area contributed by atoms with Crippen molar-refractivity contribution in [1.29, 1.82) is 0 Å². The van der Waals surface area contributed by atoms with E-state index in [1.165, 1.54) is 6.92 Å². The van der Waals surface area contributed by atoms with Crippen molar-refractivity contribution < 1.29 is 32.2 Å². The van der Waals surface area contributed by atoms with E-state index < -0.39 is 31.1 Å². The van der Waals surface area contributed by atoms with Crippen molar-refractivity contribution in [2.75, 3.05) is 26.3 Å². The minimum Gasteiger partial charge on any atom is -0.493 e. The summed E-state index contributed by atoms with van der Waals surface area (Å²) in [6, 6.07) is 7.30. The van der Waals surface area contributed by atoms with Gasteiger partial charge in [0.1, 0.15) is 18.8 Å². The molecule has 0 unspecified atom stereocenters. The summed E-state index contributed by atoms with van der Waals surface area (Å²) in [4.78, 5) is 23.9. The third-order valence-electron chi connectivity index (χ3n) is 3.23. The van der Waals surface area contributed by atoms with Crippen molar-refractivity contribution in [3.05, 3.63) is 29.8 Å². The molecule has 140 valence electrons. The monoisotopic (exact) mass is 361 g/mol. The van der Waals surface area contributed by atoms with Crippen LogP contribution < -0.4 is 4.74 Å². The molecule has 0 bridgehead atoms. The third-order valence-corrected chi connectivity index (χ3v) is 3.23. The Balaban J connectivity index is 2.50. The van der Waals surface area contributed by atoms with Gasteiger partial charge in [-0.1, -0.05) is 18.2 Å². The summed E-state index contributed by atoms with van der Waals surface area (Å²) >= 11 is 0. The van der Waals surface area contributed by atoms with Crippen molar-refractivity contribution in [2.45, 2.75) is 32.9 Å². The van der Waals surface area contributed by atoms with Crippen molar-refractivity contribution >= 4 is 11.9 Å². The average Bonchev–Trinajstić information content (AvgIpc) is 2.51. The first-order valence-electron chi connectivity index (χ1n) is 7.91. The predicted molar refractivity (Wildman–Crippen MR) is 85.2 cm³/mol. The molecule has 0 aromatic heterocycles. The fourth-order valence-electron chi connectivity index (χ4n) is 2.09. The number of aryl methyl sites for hydroxylation is 1. The maximum Gasteiger partial charge on any atom is 0.406 e. The Kier molecular flexibility index (Phi) is 8.24. The molecule has 0 aliphatic heterocycles. The zero-order chi connectivity index (χ0) is 18.9. The number of benzene rings is 1. The molecule has 0 aliphatic rings. The number of nitrogens with zero attached hydrogens (tertiary/aromatic N) is 1. The number of rotatable bonds is 9. The SMILES string of the molecule is CCOC(=O)CN(CC(F)(F)F)C(=O)CCCOc1ccccc1C. The van der Waals surface area contributed by atoms with Crippen molar-refractivity contribution in [3.8, 4) is 5.75 Å². The van der Waals surface area contributed by atoms with Crippen LogP contribution in [-0.4, -0.2) is 49.3 Å². The molecule has 8 heteroatoms. The van der Waals surface area contributed by atoms with Gasteiger partial charge < -0.3 is 14.4 Å². The number of ether oxygens (including phenoxy) is 2. The zero-order valence-corrected chi connectivity index (χ0v) is 14.3. The zero-order valence-electron chi connectivity index (χ0n) is 14.3. The van der Waals surface area contributed by atoms with Crippen LogP contribution in [0.1, 0.15) is 25.3 Å². The first kappa shape index (κ1) is 20.8. The first-order chi connectivity index (χ1) is 11.7. The van der Waals surface area contributed by atoms with Crippen molar-refractivity contribution in [3.63, 3.8) is 0 Å². The number of hydrogen-bond acceptors (Lipinski definition) is 4. The van der Waals surface area contributed by atoms with Gasteiger partial charge in [0, 0.05) is 6.42 Å². The topological polar surface area (TPSA) is 55.8 Å². The van der Waals surface area contributed by atoms with E-state index in [0.29, 0.717) is 10.6 Å². The molecule has 0 radical (unpaired) electrons. The fourth-order valence-corrected chi connectivity index (χ4v) is 2.09. The Morgan fingerprint density at radius 2 is 1.88 bits per heavy atom. The van der Waals surface area contributed by atoms with E-state index in [1.54, 1.807) is 12.1 Å². The molecule has 0 N–H and O–H groups in total. The number of para-hydroxylation sites is 1. The third kappa shape index (κ3) is 8.42. The highest BCUT2D eigenvalue weighted by Gasteiger charge is 2.33. The molecule has 0 saturated carbocycles. The number of esters is 1. The Bertz CT molecular complexity index is 575. The smallest absolute Gasteiger partial charge is 0.406 e. The van der Waals surface area contributed by atoms with Gasteiger partial charge in [0.2, 0.25) is 5.91 Å². The second-order valence-electron chi connectivity index (χ2n) is 5.39.